The van der Waals surface area contributed by atoms with Crippen LogP contribution in [-0.2, 0) is 14.3 Å². The molecule has 0 bridgehead atoms. The van der Waals surface area contributed by atoms with Gasteiger partial charge in [-0.05, 0) is 38.0 Å². The zero-order valence-corrected chi connectivity index (χ0v) is 13.0. The van der Waals surface area contributed by atoms with Crippen LogP contribution in [0.4, 0.5) is 0 Å². The van der Waals surface area contributed by atoms with E-state index < -0.39 is 5.60 Å². The number of hydrogen-bond donors (Lipinski definition) is 0. The second-order valence-electron chi connectivity index (χ2n) is 7.18. The molecule has 1 aliphatic heterocycles. The van der Waals surface area contributed by atoms with E-state index in [1.165, 1.54) is 32.1 Å². The number of rotatable bonds is 3. The minimum atomic E-state index is -0.747. The van der Waals surface area contributed by atoms with Crippen LogP contribution in [0.25, 0.3) is 0 Å². The summed E-state index contributed by atoms with van der Waals surface area (Å²) in [5.41, 5.74) is -1.13. The van der Waals surface area contributed by atoms with Gasteiger partial charge >= 0.3 is 5.97 Å². The maximum absolute atomic E-state index is 12.3. The Balaban J connectivity index is 2.27. The van der Waals surface area contributed by atoms with Crippen molar-refractivity contribution in [2.75, 3.05) is 6.61 Å². The lowest BCUT2D eigenvalue weighted by atomic mass is 9.63. The van der Waals surface area contributed by atoms with Crippen LogP contribution in [0, 0.1) is 11.3 Å². The van der Waals surface area contributed by atoms with Crippen LogP contribution in [0.15, 0.2) is 0 Å². The molecule has 1 saturated carbocycles. The number of epoxide rings is 1. The third kappa shape index (κ3) is 2.10. The van der Waals surface area contributed by atoms with E-state index in [-0.39, 0.29) is 17.0 Å². The topological polar surface area (TPSA) is 38.8 Å². The lowest BCUT2D eigenvalue weighted by molar-refractivity contribution is -0.149. The van der Waals surface area contributed by atoms with E-state index in [1.54, 1.807) is 0 Å². The summed E-state index contributed by atoms with van der Waals surface area (Å²) in [7, 11) is 0. The number of hydrogen-bond acceptors (Lipinski definition) is 3. The molecule has 3 heteroatoms. The maximum Gasteiger partial charge on any atom is 0.341 e. The van der Waals surface area contributed by atoms with Gasteiger partial charge in [0.1, 0.15) is 5.60 Å². The van der Waals surface area contributed by atoms with Gasteiger partial charge in [-0.1, -0.05) is 40.0 Å². The number of carbonyl (C=O) groups excluding carboxylic acids is 1. The molecule has 2 fully saturated rings. The van der Waals surface area contributed by atoms with E-state index in [0.29, 0.717) is 12.5 Å². The molecular formula is C16H28O3. The van der Waals surface area contributed by atoms with Gasteiger partial charge in [0.15, 0.2) is 5.60 Å². The highest BCUT2D eigenvalue weighted by Crippen LogP contribution is 2.65. The third-order valence-electron chi connectivity index (χ3n) is 4.99. The highest BCUT2D eigenvalue weighted by atomic mass is 16.7. The fourth-order valence-electron chi connectivity index (χ4n) is 4.22. The largest absolute Gasteiger partial charge is 0.464 e. The van der Waals surface area contributed by atoms with E-state index in [1.807, 2.05) is 13.8 Å². The van der Waals surface area contributed by atoms with Gasteiger partial charge < -0.3 is 9.47 Å². The van der Waals surface area contributed by atoms with Crippen molar-refractivity contribution in [2.24, 2.45) is 11.3 Å². The summed E-state index contributed by atoms with van der Waals surface area (Å²) >= 11 is 0. The third-order valence-corrected chi connectivity index (χ3v) is 4.99. The van der Waals surface area contributed by atoms with Crippen LogP contribution in [0.1, 0.15) is 66.7 Å². The number of carbonyl (C=O) groups is 1. The van der Waals surface area contributed by atoms with Crippen LogP contribution in [0.3, 0.4) is 0 Å². The zero-order valence-electron chi connectivity index (χ0n) is 13.0. The van der Waals surface area contributed by atoms with Crippen molar-refractivity contribution in [2.45, 2.75) is 77.9 Å². The molecule has 2 aliphatic rings. The van der Waals surface area contributed by atoms with Gasteiger partial charge in [-0.25, -0.2) is 4.79 Å². The fraction of sp³-hybridized carbons (Fsp3) is 0.938. The van der Waals surface area contributed by atoms with Gasteiger partial charge in [0.25, 0.3) is 0 Å². The lowest BCUT2D eigenvalue weighted by Crippen LogP contribution is -2.47. The van der Waals surface area contributed by atoms with Crippen LogP contribution in [0.5, 0.6) is 0 Å². The first-order chi connectivity index (χ1) is 8.79. The van der Waals surface area contributed by atoms with Crippen LogP contribution < -0.4 is 0 Å². The van der Waals surface area contributed by atoms with Gasteiger partial charge in [0, 0.05) is 0 Å². The van der Waals surface area contributed by atoms with Crippen molar-refractivity contribution in [3.05, 3.63) is 0 Å². The Morgan fingerprint density at radius 1 is 1.26 bits per heavy atom. The molecular weight excluding hydrogens is 240 g/mol. The Labute approximate surface area is 117 Å². The average Bonchev–Trinajstić information content (AvgIpc) is 3.00. The van der Waals surface area contributed by atoms with Gasteiger partial charge in [-0.3, -0.25) is 0 Å². The summed E-state index contributed by atoms with van der Waals surface area (Å²) in [4.78, 5) is 12.3. The molecule has 0 N–H and O–H groups in total. The molecule has 19 heavy (non-hydrogen) atoms. The van der Waals surface area contributed by atoms with E-state index in [4.69, 9.17) is 9.47 Å². The van der Waals surface area contributed by atoms with Crippen molar-refractivity contribution in [3.8, 4) is 0 Å². The summed E-state index contributed by atoms with van der Waals surface area (Å²) in [6, 6.07) is 0. The molecule has 2 rings (SSSR count). The molecule has 0 spiro atoms. The molecule has 0 radical (unpaired) electrons. The minimum absolute atomic E-state index is 0.0451. The van der Waals surface area contributed by atoms with E-state index in [2.05, 4.69) is 20.8 Å². The molecule has 2 unspecified atom stereocenters. The Hall–Kier alpha value is -0.570. The second kappa shape index (κ2) is 4.76. The lowest BCUT2D eigenvalue weighted by Gasteiger charge is -2.38. The van der Waals surface area contributed by atoms with E-state index >= 15 is 0 Å². The summed E-state index contributed by atoms with van der Waals surface area (Å²) in [6.07, 6.45) is 6.17. The molecule has 0 aromatic heterocycles. The summed E-state index contributed by atoms with van der Waals surface area (Å²) < 4.78 is 11.4. The Bertz CT molecular complexity index is 351. The molecule has 2 atom stereocenters. The van der Waals surface area contributed by atoms with Crippen molar-refractivity contribution >= 4 is 5.97 Å². The molecule has 1 heterocycles. The highest BCUT2D eigenvalue weighted by molar-refractivity contribution is 5.85. The Kier molecular flexibility index (Phi) is 3.72. The smallest absolute Gasteiger partial charge is 0.341 e. The van der Waals surface area contributed by atoms with Crippen molar-refractivity contribution in [1.82, 2.24) is 0 Å². The Morgan fingerprint density at radius 2 is 1.84 bits per heavy atom. The van der Waals surface area contributed by atoms with Gasteiger partial charge in [0.05, 0.1) is 6.61 Å². The van der Waals surface area contributed by atoms with Crippen molar-refractivity contribution in [1.29, 1.82) is 0 Å². The summed E-state index contributed by atoms with van der Waals surface area (Å²) in [5, 5.41) is 0. The fourth-order valence-corrected chi connectivity index (χ4v) is 4.22. The number of ether oxygens (including phenoxy) is 2. The molecule has 1 saturated heterocycles. The maximum atomic E-state index is 12.3. The zero-order chi connectivity index (χ0) is 14.3. The van der Waals surface area contributed by atoms with Crippen molar-refractivity contribution < 1.29 is 14.3 Å². The predicted octanol–water partition coefficient (Wildman–Crippen LogP) is 3.70. The molecule has 0 amide bonds. The average molecular weight is 268 g/mol. The predicted molar refractivity (Wildman–Crippen MR) is 74.9 cm³/mol. The first-order valence-electron chi connectivity index (χ1n) is 7.67. The van der Waals surface area contributed by atoms with Crippen LogP contribution >= 0.6 is 0 Å². The standard InChI is InChI=1S/C16H28O3/c1-6-18-13(17)15(5)16(19-15,14(2,3)4)12-10-8-7-9-11-12/h12H,6-11H2,1-5H3. The quantitative estimate of drug-likeness (QED) is 0.578. The second-order valence-corrected chi connectivity index (χ2v) is 7.18. The van der Waals surface area contributed by atoms with E-state index in [0.717, 1.165) is 0 Å². The SMILES string of the molecule is CCOC(=O)C1(C)OC1(C1CCCCC1)C(C)(C)C. The normalized spacial score (nSPS) is 36.1. The minimum Gasteiger partial charge on any atom is -0.464 e. The highest BCUT2D eigenvalue weighted by Gasteiger charge is 2.79. The van der Waals surface area contributed by atoms with Crippen molar-refractivity contribution in [3.63, 3.8) is 0 Å². The van der Waals surface area contributed by atoms with Crippen LogP contribution in [-0.4, -0.2) is 23.8 Å². The molecule has 0 aromatic rings. The molecule has 1 aliphatic carbocycles. The molecule has 0 aromatic carbocycles. The number of esters is 1. The first kappa shape index (κ1) is 14.8. The van der Waals surface area contributed by atoms with E-state index in [9.17, 15) is 4.79 Å². The van der Waals surface area contributed by atoms with Gasteiger partial charge in [-0.2, -0.15) is 0 Å². The summed E-state index contributed by atoms with van der Waals surface area (Å²) in [5.74, 6) is 0.297. The van der Waals surface area contributed by atoms with Crippen LogP contribution in [0.2, 0.25) is 0 Å². The summed E-state index contributed by atoms with van der Waals surface area (Å²) in [6.45, 7) is 10.8. The monoisotopic (exact) mass is 268 g/mol. The van der Waals surface area contributed by atoms with Gasteiger partial charge in [0.2, 0.25) is 0 Å². The molecule has 110 valence electrons. The first-order valence-corrected chi connectivity index (χ1v) is 7.67. The van der Waals surface area contributed by atoms with Gasteiger partial charge in [-0.15, -0.1) is 0 Å². The molecule has 3 nitrogen and oxygen atoms in total. The Morgan fingerprint density at radius 3 is 2.32 bits per heavy atom.